The Balaban J connectivity index is -0.00000220. The minimum Gasteiger partial charge on any atom is -0.463 e. The van der Waals surface area contributed by atoms with Crippen LogP contribution in [-0.4, -0.2) is 25.2 Å². The molecule has 0 rings (SSSR count). The van der Waals surface area contributed by atoms with Crippen molar-refractivity contribution < 1.29 is 19.1 Å². The van der Waals surface area contributed by atoms with E-state index in [-0.39, 0.29) is 14.9 Å². The standard InChI is InChI=1S/C18H32O4.2CH4/c1-3-5-7-9-11-15-21-17(19)13-14-18(20)22-16-12-10-8-6-4-2;;/h13-14H,3-12,15-16H2,1-2H3;2*1H4/b14-13-;;. The number of esters is 2. The molecule has 0 aliphatic heterocycles. The van der Waals surface area contributed by atoms with E-state index in [0.717, 1.165) is 37.8 Å². The lowest BCUT2D eigenvalue weighted by atomic mass is 10.2. The second kappa shape index (κ2) is 21.7. The van der Waals surface area contributed by atoms with Gasteiger partial charge < -0.3 is 9.47 Å². The molecule has 0 unspecified atom stereocenters. The van der Waals surface area contributed by atoms with E-state index in [9.17, 15) is 9.59 Å². The fraction of sp³-hybridized carbons (Fsp3) is 0.800. The van der Waals surface area contributed by atoms with Crippen molar-refractivity contribution in [2.75, 3.05) is 13.2 Å². The Morgan fingerprint density at radius 3 is 1.29 bits per heavy atom. The third-order valence-corrected chi connectivity index (χ3v) is 3.34. The van der Waals surface area contributed by atoms with Gasteiger partial charge in [0.1, 0.15) is 0 Å². The summed E-state index contributed by atoms with van der Waals surface area (Å²) >= 11 is 0. The third-order valence-electron chi connectivity index (χ3n) is 3.34. The Kier molecular flexibility index (Phi) is 24.9. The Morgan fingerprint density at radius 1 is 0.625 bits per heavy atom. The number of carbonyl (C=O) groups is 2. The largest absolute Gasteiger partial charge is 0.463 e. The second-order valence-corrected chi connectivity index (χ2v) is 5.50. The van der Waals surface area contributed by atoms with E-state index >= 15 is 0 Å². The quantitative estimate of drug-likeness (QED) is 0.225. The normalized spacial score (nSPS) is 9.92. The van der Waals surface area contributed by atoms with Crippen molar-refractivity contribution in [2.24, 2.45) is 0 Å². The zero-order valence-corrected chi connectivity index (χ0v) is 14.3. The molecule has 0 N–H and O–H groups in total. The minimum absolute atomic E-state index is 0. The average Bonchev–Trinajstić information content (AvgIpc) is 2.52. The maximum Gasteiger partial charge on any atom is 0.331 e. The third kappa shape index (κ3) is 20.7. The number of ether oxygens (including phenoxy) is 2. The molecule has 0 saturated carbocycles. The van der Waals surface area contributed by atoms with Gasteiger partial charge in [0.15, 0.2) is 0 Å². The Hall–Kier alpha value is -1.32. The van der Waals surface area contributed by atoms with Crippen molar-refractivity contribution in [1.82, 2.24) is 0 Å². The first-order chi connectivity index (χ1) is 10.7. The van der Waals surface area contributed by atoms with Crippen LogP contribution >= 0.6 is 0 Å². The maximum absolute atomic E-state index is 11.4. The molecule has 0 aliphatic rings. The fourth-order valence-corrected chi connectivity index (χ4v) is 1.99. The fourth-order valence-electron chi connectivity index (χ4n) is 1.99. The van der Waals surface area contributed by atoms with Gasteiger partial charge in [-0.3, -0.25) is 0 Å². The lowest BCUT2D eigenvalue weighted by Gasteiger charge is -2.02. The van der Waals surface area contributed by atoms with Gasteiger partial charge in [-0.25, -0.2) is 9.59 Å². The summed E-state index contributed by atoms with van der Waals surface area (Å²) in [5.41, 5.74) is 0. The summed E-state index contributed by atoms with van der Waals surface area (Å²) in [5, 5.41) is 0. The van der Waals surface area contributed by atoms with Crippen molar-refractivity contribution in [3.8, 4) is 0 Å². The molecule has 0 aromatic carbocycles. The number of carbonyl (C=O) groups excluding carboxylic acids is 2. The summed E-state index contributed by atoms with van der Waals surface area (Å²) < 4.78 is 10.0. The molecule has 0 aliphatic carbocycles. The highest BCUT2D eigenvalue weighted by Gasteiger charge is 2.01. The van der Waals surface area contributed by atoms with Crippen LogP contribution in [-0.2, 0) is 19.1 Å². The molecule has 0 amide bonds. The smallest absolute Gasteiger partial charge is 0.331 e. The van der Waals surface area contributed by atoms with Crippen molar-refractivity contribution in [1.29, 1.82) is 0 Å². The van der Waals surface area contributed by atoms with Crippen LogP contribution in [0.1, 0.15) is 92.9 Å². The molecule has 144 valence electrons. The van der Waals surface area contributed by atoms with Gasteiger partial charge in [0.2, 0.25) is 0 Å². The lowest BCUT2D eigenvalue weighted by molar-refractivity contribution is -0.140. The van der Waals surface area contributed by atoms with E-state index in [0.29, 0.717) is 13.2 Å². The van der Waals surface area contributed by atoms with Crippen molar-refractivity contribution in [3.63, 3.8) is 0 Å². The van der Waals surface area contributed by atoms with Crippen LogP contribution in [0.4, 0.5) is 0 Å². The first kappa shape index (κ1) is 27.5. The monoisotopic (exact) mass is 344 g/mol. The molecule has 0 heterocycles. The van der Waals surface area contributed by atoms with Crippen LogP contribution in [0.25, 0.3) is 0 Å². The molecule has 0 atom stereocenters. The van der Waals surface area contributed by atoms with Gasteiger partial charge in [-0.15, -0.1) is 0 Å². The van der Waals surface area contributed by atoms with Crippen molar-refractivity contribution in [2.45, 2.75) is 92.9 Å². The SMILES string of the molecule is C.C.CCCCCCCOC(=O)/C=C\C(=O)OCCCCCCC. The Labute approximate surface area is 150 Å². The zero-order chi connectivity index (χ0) is 16.5. The van der Waals surface area contributed by atoms with Gasteiger partial charge in [-0.1, -0.05) is 80.1 Å². The van der Waals surface area contributed by atoms with Gasteiger partial charge in [0.05, 0.1) is 13.2 Å². The van der Waals surface area contributed by atoms with E-state index < -0.39 is 11.9 Å². The lowest BCUT2D eigenvalue weighted by Crippen LogP contribution is -2.06. The summed E-state index contributed by atoms with van der Waals surface area (Å²) in [5.74, 6) is -0.953. The van der Waals surface area contributed by atoms with Gasteiger partial charge in [-0.2, -0.15) is 0 Å². The van der Waals surface area contributed by atoms with Crippen LogP contribution < -0.4 is 0 Å². The maximum atomic E-state index is 11.4. The highest BCUT2D eigenvalue weighted by Crippen LogP contribution is 2.03. The zero-order valence-electron chi connectivity index (χ0n) is 14.3. The summed E-state index contributed by atoms with van der Waals surface area (Å²) in [6.07, 6.45) is 13.4. The minimum atomic E-state index is -0.476. The number of hydrogen-bond acceptors (Lipinski definition) is 4. The predicted molar refractivity (Wildman–Crippen MR) is 102 cm³/mol. The molecule has 0 bridgehead atoms. The molecule has 4 nitrogen and oxygen atoms in total. The van der Waals surface area contributed by atoms with E-state index in [2.05, 4.69) is 13.8 Å². The predicted octanol–water partition coefficient (Wildman–Crippen LogP) is 5.84. The topological polar surface area (TPSA) is 52.6 Å². The molecule has 0 spiro atoms. The molecule has 0 saturated heterocycles. The second-order valence-electron chi connectivity index (χ2n) is 5.50. The summed E-state index contributed by atoms with van der Waals surface area (Å²) in [7, 11) is 0. The first-order valence-corrected chi connectivity index (χ1v) is 8.72. The van der Waals surface area contributed by atoms with Crippen LogP contribution in [0.2, 0.25) is 0 Å². The molecule has 0 aromatic heterocycles. The van der Waals surface area contributed by atoms with Crippen LogP contribution in [0.3, 0.4) is 0 Å². The van der Waals surface area contributed by atoms with E-state index in [1.165, 1.54) is 38.5 Å². The molecule has 4 heteroatoms. The van der Waals surface area contributed by atoms with Gasteiger partial charge in [0, 0.05) is 12.2 Å². The summed E-state index contributed by atoms with van der Waals surface area (Å²) in [6.45, 7) is 5.16. The van der Waals surface area contributed by atoms with E-state index in [4.69, 9.17) is 9.47 Å². The van der Waals surface area contributed by atoms with Crippen LogP contribution in [0, 0.1) is 0 Å². The van der Waals surface area contributed by atoms with Gasteiger partial charge >= 0.3 is 11.9 Å². The Bertz CT molecular complexity index is 281. The highest BCUT2D eigenvalue weighted by atomic mass is 16.5. The number of rotatable bonds is 14. The van der Waals surface area contributed by atoms with Crippen molar-refractivity contribution in [3.05, 3.63) is 12.2 Å². The molecule has 0 radical (unpaired) electrons. The highest BCUT2D eigenvalue weighted by molar-refractivity contribution is 5.91. The molecule has 0 fully saturated rings. The average molecular weight is 345 g/mol. The Morgan fingerprint density at radius 2 is 0.958 bits per heavy atom. The van der Waals surface area contributed by atoms with Crippen LogP contribution in [0.5, 0.6) is 0 Å². The number of hydrogen-bond donors (Lipinski definition) is 0. The first-order valence-electron chi connectivity index (χ1n) is 8.72. The number of unbranched alkanes of at least 4 members (excludes halogenated alkanes) is 8. The van der Waals surface area contributed by atoms with Gasteiger partial charge in [-0.05, 0) is 12.8 Å². The van der Waals surface area contributed by atoms with E-state index in [1.807, 2.05) is 0 Å². The molecular weight excluding hydrogens is 304 g/mol. The van der Waals surface area contributed by atoms with Gasteiger partial charge in [0.25, 0.3) is 0 Å². The molecule has 0 aromatic rings. The molecular formula is C20H40O4. The molecule has 24 heavy (non-hydrogen) atoms. The van der Waals surface area contributed by atoms with E-state index in [1.54, 1.807) is 0 Å². The summed E-state index contributed by atoms with van der Waals surface area (Å²) in [6, 6.07) is 0. The van der Waals surface area contributed by atoms with Crippen molar-refractivity contribution >= 4 is 11.9 Å². The summed E-state index contributed by atoms with van der Waals surface area (Å²) in [4.78, 5) is 22.7. The van der Waals surface area contributed by atoms with Crippen LogP contribution in [0.15, 0.2) is 12.2 Å².